The maximum atomic E-state index is 11.3. The van der Waals surface area contributed by atoms with Crippen molar-refractivity contribution in [1.82, 2.24) is 4.98 Å². The standard InChI is InChI=1S/C25H25ClN2O4/c1-31-23-11-10-21(15-24(23)32-22-4-2-3-5-22)28(16-19-14-18(26)12-13-27-19)20-8-6-17(7-9-20)25(29)30/h6-15,22H,2-5,16H2,1H3,(H,29,30). The minimum Gasteiger partial charge on any atom is -0.493 e. The second-order valence-electron chi connectivity index (χ2n) is 7.76. The van der Waals surface area contributed by atoms with E-state index in [0.29, 0.717) is 23.1 Å². The normalized spacial score (nSPS) is 13.7. The second kappa shape index (κ2) is 9.92. The summed E-state index contributed by atoms with van der Waals surface area (Å²) in [6.45, 7) is 0.447. The van der Waals surface area contributed by atoms with Gasteiger partial charge in [0.15, 0.2) is 11.5 Å². The minimum atomic E-state index is -0.962. The molecule has 1 aliphatic rings. The third-order valence-electron chi connectivity index (χ3n) is 5.58. The molecule has 0 unspecified atom stereocenters. The summed E-state index contributed by atoms with van der Waals surface area (Å²) in [7, 11) is 1.63. The molecule has 32 heavy (non-hydrogen) atoms. The highest BCUT2D eigenvalue weighted by atomic mass is 35.5. The molecule has 0 amide bonds. The van der Waals surface area contributed by atoms with Gasteiger partial charge in [0, 0.05) is 28.7 Å². The van der Waals surface area contributed by atoms with Gasteiger partial charge in [0.2, 0.25) is 0 Å². The molecule has 0 atom stereocenters. The highest BCUT2D eigenvalue weighted by molar-refractivity contribution is 6.30. The van der Waals surface area contributed by atoms with Crippen molar-refractivity contribution in [2.24, 2.45) is 0 Å². The van der Waals surface area contributed by atoms with Crippen molar-refractivity contribution >= 4 is 28.9 Å². The van der Waals surface area contributed by atoms with Gasteiger partial charge >= 0.3 is 5.97 Å². The van der Waals surface area contributed by atoms with Crippen molar-refractivity contribution in [1.29, 1.82) is 0 Å². The summed E-state index contributed by atoms with van der Waals surface area (Å²) in [5.41, 5.74) is 2.72. The average Bonchev–Trinajstić information content (AvgIpc) is 3.31. The molecule has 6 nitrogen and oxygen atoms in total. The van der Waals surface area contributed by atoms with Gasteiger partial charge in [-0.25, -0.2) is 4.79 Å². The van der Waals surface area contributed by atoms with Gasteiger partial charge < -0.3 is 19.5 Å². The van der Waals surface area contributed by atoms with Gasteiger partial charge in [-0.1, -0.05) is 11.6 Å². The van der Waals surface area contributed by atoms with Crippen LogP contribution in [-0.4, -0.2) is 29.3 Å². The van der Waals surface area contributed by atoms with Crippen LogP contribution in [-0.2, 0) is 6.54 Å². The first-order valence-electron chi connectivity index (χ1n) is 10.6. The van der Waals surface area contributed by atoms with E-state index >= 15 is 0 Å². The van der Waals surface area contributed by atoms with Crippen LogP contribution in [0.15, 0.2) is 60.8 Å². The van der Waals surface area contributed by atoms with E-state index in [0.717, 1.165) is 29.9 Å². The van der Waals surface area contributed by atoms with E-state index in [1.165, 1.54) is 12.8 Å². The Morgan fingerprint density at radius 2 is 1.78 bits per heavy atom. The van der Waals surface area contributed by atoms with Crippen LogP contribution >= 0.6 is 11.6 Å². The monoisotopic (exact) mass is 452 g/mol. The molecule has 0 radical (unpaired) electrons. The van der Waals surface area contributed by atoms with Crippen LogP contribution in [0.2, 0.25) is 5.02 Å². The first kappa shape index (κ1) is 22.0. The fourth-order valence-corrected chi connectivity index (χ4v) is 4.11. The van der Waals surface area contributed by atoms with Crippen LogP contribution < -0.4 is 14.4 Å². The maximum Gasteiger partial charge on any atom is 0.335 e. The largest absolute Gasteiger partial charge is 0.493 e. The van der Waals surface area contributed by atoms with Crippen molar-refractivity contribution < 1.29 is 19.4 Å². The van der Waals surface area contributed by atoms with E-state index < -0.39 is 5.97 Å². The van der Waals surface area contributed by atoms with E-state index in [4.69, 9.17) is 21.1 Å². The number of ether oxygens (including phenoxy) is 2. The molecule has 0 bridgehead atoms. The molecule has 7 heteroatoms. The minimum absolute atomic E-state index is 0.192. The van der Waals surface area contributed by atoms with E-state index in [9.17, 15) is 9.90 Å². The number of aromatic nitrogens is 1. The second-order valence-corrected chi connectivity index (χ2v) is 8.20. The number of benzene rings is 2. The number of anilines is 2. The van der Waals surface area contributed by atoms with Crippen LogP contribution in [0.25, 0.3) is 0 Å². The summed E-state index contributed by atoms with van der Waals surface area (Å²) in [4.78, 5) is 17.8. The zero-order chi connectivity index (χ0) is 22.5. The van der Waals surface area contributed by atoms with Gasteiger partial charge in [-0.2, -0.15) is 0 Å². The molecule has 0 saturated heterocycles. The van der Waals surface area contributed by atoms with Crippen LogP contribution in [0.5, 0.6) is 11.5 Å². The summed E-state index contributed by atoms with van der Waals surface area (Å²) in [6.07, 6.45) is 6.30. The number of pyridine rings is 1. The van der Waals surface area contributed by atoms with Gasteiger partial charge in [0.25, 0.3) is 0 Å². The first-order valence-corrected chi connectivity index (χ1v) is 11.0. The molecule has 1 heterocycles. The summed E-state index contributed by atoms with van der Waals surface area (Å²) in [6, 6.07) is 16.1. The Labute approximate surface area is 192 Å². The van der Waals surface area contributed by atoms with Gasteiger partial charge in [0.05, 0.1) is 31.0 Å². The Morgan fingerprint density at radius 1 is 1.06 bits per heavy atom. The molecule has 0 spiro atoms. The molecular formula is C25H25ClN2O4. The van der Waals surface area contributed by atoms with Gasteiger partial charge in [0.1, 0.15) is 0 Å². The number of nitrogens with zero attached hydrogens (tertiary/aromatic N) is 2. The lowest BCUT2D eigenvalue weighted by atomic mass is 10.1. The summed E-state index contributed by atoms with van der Waals surface area (Å²) >= 11 is 6.18. The molecule has 4 rings (SSSR count). The van der Waals surface area contributed by atoms with Crippen LogP contribution in [0.1, 0.15) is 41.7 Å². The van der Waals surface area contributed by atoms with Crippen molar-refractivity contribution in [3.63, 3.8) is 0 Å². The lowest BCUT2D eigenvalue weighted by Gasteiger charge is -2.26. The van der Waals surface area contributed by atoms with Gasteiger partial charge in [-0.15, -0.1) is 0 Å². The maximum absolute atomic E-state index is 11.3. The summed E-state index contributed by atoms with van der Waals surface area (Å²) in [5, 5.41) is 9.87. The molecule has 3 aromatic rings. The molecule has 1 saturated carbocycles. The number of hydrogen-bond donors (Lipinski definition) is 1. The van der Waals surface area contributed by atoms with Crippen molar-refractivity contribution in [2.75, 3.05) is 12.0 Å². The molecule has 166 valence electrons. The average molecular weight is 453 g/mol. The van der Waals surface area contributed by atoms with Crippen molar-refractivity contribution in [2.45, 2.75) is 38.3 Å². The lowest BCUT2D eigenvalue weighted by molar-refractivity contribution is 0.0697. The van der Waals surface area contributed by atoms with Gasteiger partial charge in [-0.05, 0) is 74.2 Å². The van der Waals surface area contributed by atoms with Crippen molar-refractivity contribution in [3.05, 3.63) is 77.1 Å². The van der Waals surface area contributed by atoms with Gasteiger partial charge in [-0.3, -0.25) is 4.98 Å². The molecule has 1 aromatic heterocycles. The number of carbonyl (C=O) groups is 1. The number of carboxylic acid groups (broad SMARTS) is 1. The molecule has 1 aliphatic carbocycles. The molecule has 0 aliphatic heterocycles. The van der Waals surface area contributed by atoms with E-state index in [1.807, 2.05) is 29.2 Å². The predicted octanol–water partition coefficient (Wildman–Crippen LogP) is 6.10. The number of carboxylic acids is 1. The zero-order valence-corrected chi connectivity index (χ0v) is 18.6. The number of hydrogen-bond acceptors (Lipinski definition) is 5. The quantitative estimate of drug-likeness (QED) is 0.445. The van der Waals surface area contributed by atoms with Crippen LogP contribution in [0.4, 0.5) is 11.4 Å². The van der Waals surface area contributed by atoms with Crippen LogP contribution in [0, 0.1) is 0 Å². The Morgan fingerprint density at radius 3 is 2.44 bits per heavy atom. The highest BCUT2D eigenvalue weighted by Gasteiger charge is 2.20. The Balaban J connectivity index is 1.71. The Hall–Kier alpha value is -3.25. The van der Waals surface area contributed by atoms with E-state index in [-0.39, 0.29) is 11.7 Å². The van der Waals surface area contributed by atoms with E-state index in [1.54, 1.807) is 43.6 Å². The Bertz CT molecular complexity index is 1080. The number of aromatic carboxylic acids is 1. The third-order valence-corrected chi connectivity index (χ3v) is 5.81. The fourth-order valence-electron chi connectivity index (χ4n) is 3.92. The van der Waals surface area contributed by atoms with Crippen molar-refractivity contribution in [3.8, 4) is 11.5 Å². The molecule has 1 N–H and O–H groups in total. The number of methoxy groups -OCH3 is 1. The summed E-state index contributed by atoms with van der Waals surface area (Å²) < 4.78 is 11.8. The van der Waals surface area contributed by atoms with Crippen LogP contribution in [0.3, 0.4) is 0 Å². The molecule has 2 aromatic carbocycles. The van der Waals surface area contributed by atoms with E-state index in [2.05, 4.69) is 4.98 Å². The summed E-state index contributed by atoms with van der Waals surface area (Å²) in [5.74, 6) is 0.419. The predicted molar refractivity (Wildman–Crippen MR) is 124 cm³/mol. The molecule has 1 fully saturated rings. The smallest absolute Gasteiger partial charge is 0.335 e. The third kappa shape index (κ3) is 5.14. The Kier molecular flexibility index (Phi) is 6.81. The fraction of sp³-hybridized carbons (Fsp3) is 0.280. The SMILES string of the molecule is COc1ccc(N(Cc2cc(Cl)ccn2)c2ccc(C(=O)O)cc2)cc1OC1CCCC1. The zero-order valence-electron chi connectivity index (χ0n) is 17.8. The first-order chi connectivity index (χ1) is 15.5. The topological polar surface area (TPSA) is 71.9 Å². The molecular weight excluding hydrogens is 428 g/mol. The number of halogens is 1. The highest BCUT2D eigenvalue weighted by Crippen LogP contribution is 2.37. The lowest BCUT2D eigenvalue weighted by Crippen LogP contribution is -2.18. The number of rotatable bonds is 8.